The third-order valence-corrected chi connectivity index (χ3v) is 5.01. The van der Waals surface area contributed by atoms with Gasteiger partial charge in [0.15, 0.2) is 0 Å². The summed E-state index contributed by atoms with van der Waals surface area (Å²) in [4.78, 5) is 19.1. The van der Waals surface area contributed by atoms with Crippen molar-refractivity contribution < 1.29 is 9.32 Å². The van der Waals surface area contributed by atoms with Crippen molar-refractivity contribution >= 4 is 17.1 Å². The number of urea groups is 1. The molecule has 0 saturated carbocycles. The molecule has 7 nitrogen and oxygen atoms in total. The molecule has 2 amide bonds. The number of carbonyl (C=O) groups is 1. The summed E-state index contributed by atoms with van der Waals surface area (Å²) in [6.07, 6.45) is 2.59. The predicted octanol–water partition coefficient (Wildman–Crippen LogP) is 2.96. The van der Waals surface area contributed by atoms with Crippen LogP contribution in [0.15, 0.2) is 34.9 Å². The highest BCUT2D eigenvalue weighted by Crippen LogP contribution is 2.31. The second kappa shape index (κ2) is 6.82. The zero-order valence-corrected chi connectivity index (χ0v) is 15.1. The van der Waals surface area contributed by atoms with E-state index in [0.717, 1.165) is 47.7 Å². The van der Waals surface area contributed by atoms with E-state index in [4.69, 9.17) is 4.52 Å². The summed E-state index contributed by atoms with van der Waals surface area (Å²) >= 11 is 0. The molecular formula is C19H23N5O2. The first-order chi connectivity index (χ1) is 12.6. The summed E-state index contributed by atoms with van der Waals surface area (Å²) in [6.45, 7) is 3.17. The molecular weight excluding hydrogens is 330 g/mol. The Labute approximate surface area is 152 Å². The van der Waals surface area contributed by atoms with Crippen molar-refractivity contribution in [2.24, 2.45) is 7.05 Å². The van der Waals surface area contributed by atoms with Gasteiger partial charge in [0, 0.05) is 32.6 Å². The van der Waals surface area contributed by atoms with Crippen molar-refractivity contribution in [3.05, 3.63) is 47.6 Å². The molecule has 26 heavy (non-hydrogen) atoms. The molecule has 1 aliphatic heterocycles. The molecule has 3 heterocycles. The molecule has 0 aliphatic carbocycles. The molecule has 0 radical (unpaired) electrons. The van der Waals surface area contributed by atoms with Crippen LogP contribution in [-0.4, -0.2) is 38.7 Å². The molecule has 136 valence electrons. The first-order valence-corrected chi connectivity index (χ1v) is 9.01. The molecule has 1 aliphatic rings. The summed E-state index contributed by atoms with van der Waals surface area (Å²) in [5.74, 6) is 1.74. The largest absolute Gasteiger partial charge is 0.361 e. The molecule has 4 rings (SSSR count). The minimum absolute atomic E-state index is 0.00296. The van der Waals surface area contributed by atoms with Gasteiger partial charge < -0.3 is 19.3 Å². The van der Waals surface area contributed by atoms with Crippen LogP contribution in [0.1, 0.15) is 36.2 Å². The summed E-state index contributed by atoms with van der Waals surface area (Å²) in [5, 5.41) is 7.11. The van der Waals surface area contributed by atoms with Crippen LogP contribution in [-0.2, 0) is 13.5 Å². The third kappa shape index (κ3) is 3.05. The summed E-state index contributed by atoms with van der Waals surface area (Å²) in [5.41, 5.74) is 2.93. The molecule has 1 atom stereocenters. The number of hydrogen-bond donors (Lipinski definition) is 1. The van der Waals surface area contributed by atoms with Gasteiger partial charge in [0.05, 0.1) is 17.1 Å². The van der Waals surface area contributed by atoms with E-state index >= 15 is 0 Å². The van der Waals surface area contributed by atoms with Gasteiger partial charge in [0.2, 0.25) is 0 Å². The molecule has 0 spiro atoms. The van der Waals surface area contributed by atoms with Gasteiger partial charge in [-0.1, -0.05) is 17.3 Å². The van der Waals surface area contributed by atoms with Crippen LogP contribution in [0.3, 0.4) is 0 Å². The smallest absolute Gasteiger partial charge is 0.317 e. The minimum Gasteiger partial charge on any atom is -0.361 e. The molecule has 7 heteroatoms. The molecule has 3 aromatic rings. The molecule has 0 unspecified atom stereocenters. The monoisotopic (exact) mass is 353 g/mol. The fourth-order valence-corrected chi connectivity index (χ4v) is 3.66. The second-order valence-electron chi connectivity index (χ2n) is 6.77. The molecule has 2 aromatic heterocycles. The SMILES string of the molecule is Cc1cc([C@H]2CCCN2C(=O)NCCc2nc3ccccc3n2C)no1. The van der Waals surface area contributed by atoms with Gasteiger partial charge in [0.25, 0.3) is 0 Å². The lowest BCUT2D eigenvalue weighted by Crippen LogP contribution is -2.40. The van der Waals surface area contributed by atoms with Crippen LogP contribution >= 0.6 is 0 Å². The Morgan fingerprint density at radius 3 is 3.00 bits per heavy atom. The lowest BCUT2D eigenvalue weighted by molar-refractivity contribution is 0.191. The third-order valence-electron chi connectivity index (χ3n) is 5.01. The number of hydrogen-bond acceptors (Lipinski definition) is 4. The van der Waals surface area contributed by atoms with Gasteiger partial charge in [-0.15, -0.1) is 0 Å². The minimum atomic E-state index is -0.0492. The van der Waals surface area contributed by atoms with Crippen molar-refractivity contribution in [3.63, 3.8) is 0 Å². The van der Waals surface area contributed by atoms with Crippen molar-refractivity contribution in [1.29, 1.82) is 0 Å². The van der Waals surface area contributed by atoms with Crippen LogP contribution in [0.25, 0.3) is 11.0 Å². The van der Waals surface area contributed by atoms with Gasteiger partial charge >= 0.3 is 6.03 Å². The van der Waals surface area contributed by atoms with Crippen molar-refractivity contribution in [3.8, 4) is 0 Å². The van der Waals surface area contributed by atoms with E-state index in [1.54, 1.807) is 0 Å². The van der Waals surface area contributed by atoms with Crippen LogP contribution in [0, 0.1) is 6.92 Å². The zero-order valence-electron chi connectivity index (χ0n) is 15.1. The fraction of sp³-hybridized carbons (Fsp3) is 0.421. The Morgan fingerprint density at radius 1 is 1.38 bits per heavy atom. The molecule has 1 N–H and O–H groups in total. The van der Waals surface area contributed by atoms with Crippen LogP contribution in [0.4, 0.5) is 4.79 Å². The van der Waals surface area contributed by atoms with E-state index < -0.39 is 0 Å². The zero-order chi connectivity index (χ0) is 18.1. The Kier molecular flexibility index (Phi) is 4.36. The van der Waals surface area contributed by atoms with E-state index in [9.17, 15) is 4.79 Å². The average Bonchev–Trinajstić information content (AvgIpc) is 3.35. The van der Waals surface area contributed by atoms with Gasteiger partial charge in [-0.2, -0.15) is 0 Å². The van der Waals surface area contributed by atoms with E-state index in [-0.39, 0.29) is 12.1 Å². The Bertz CT molecular complexity index is 929. The van der Waals surface area contributed by atoms with Crippen molar-refractivity contribution in [2.75, 3.05) is 13.1 Å². The average molecular weight is 353 g/mol. The van der Waals surface area contributed by atoms with Gasteiger partial charge in [-0.25, -0.2) is 9.78 Å². The molecule has 1 aromatic carbocycles. The van der Waals surface area contributed by atoms with Crippen molar-refractivity contribution in [2.45, 2.75) is 32.2 Å². The highest BCUT2D eigenvalue weighted by molar-refractivity contribution is 5.76. The molecule has 1 fully saturated rings. The van der Waals surface area contributed by atoms with Crippen LogP contribution < -0.4 is 5.32 Å². The summed E-state index contributed by atoms with van der Waals surface area (Å²) in [6, 6.07) is 9.92. The Hall–Kier alpha value is -2.83. The maximum Gasteiger partial charge on any atom is 0.317 e. The fourth-order valence-electron chi connectivity index (χ4n) is 3.66. The number of aryl methyl sites for hydroxylation is 2. The van der Waals surface area contributed by atoms with Gasteiger partial charge in [-0.05, 0) is 31.9 Å². The number of likely N-dealkylation sites (tertiary alicyclic amines) is 1. The highest BCUT2D eigenvalue weighted by Gasteiger charge is 2.31. The summed E-state index contributed by atoms with van der Waals surface area (Å²) < 4.78 is 7.25. The topological polar surface area (TPSA) is 76.2 Å². The van der Waals surface area contributed by atoms with E-state index in [1.165, 1.54) is 0 Å². The maximum absolute atomic E-state index is 12.6. The van der Waals surface area contributed by atoms with E-state index in [2.05, 4.69) is 26.1 Å². The van der Waals surface area contributed by atoms with E-state index in [1.807, 2.05) is 43.1 Å². The van der Waals surface area contributed by atoms with Gasteiger partial charge in [-0.3, -0.25) is 0 Å². The Balaban J connectivity index is 1.38. The quantitative estimate of drug-likeness (QED) is 0.782. The first kappa shape index (κ1) is 16.6. The second-order valence-corrected chi connectivity index (χ2v) is 6.77. The number of para-hydroxylation sites is 2. The maximum atomic E-state index is 12.6. The lowest BCUT2D eigenvalue weighted by Gasteiger charge is -2.23. The van der Waals surface area contributed by atoms with Crippen LogP contribution in [0.2, 0.25) is 0 Å². The highest BCUT2D eigenvalue weighted by atomic mass is 16.5. The van der Waals surface area contributed by atoms with Gasteiger partial charge in [0.1, 0.15) is 17.3 Å². The number of carbonyl (C=O) groups excluding carboxylic acids is 1. The van der Waals surface area contributed by atoms with Crippen LogP contribution in [0.5, 0.6) is 0 Å². The number of nitrogens with zero attached hydrogens (tertiary/aromatic N) is 4. The number of nitrogens with one attached hydrogen (secondary N) is 1. The normalized spacial score (nSPS) is 17.2. The van der Waals surface area contributed by atoms with Crippen molar-refractivity contribution in [1.82, 2.24) is 24.9 Å². The standard InChI is InChI=1S/C19H23N5O2/c1-13-12-15(22-26-13)17-8-5-11-24(17)19(25)20-10-9-18-21-14-6-3-4-7-16(14)23(18)2/h3-4,6-7,12,17H,5,8-11H2,1-2H3,(H,20,25)/t17-/m1/s1. The lowest BCUT2D eigenvalue weighted by atomic mass is 10.1. The first-order valence-electron chi connectivity index (χ1n) is 9.01. The van der Waals surface area contributed by atoms with E-state index in [0.29, 0.717) is 13.0 Å². The number of aromatic nitrogens is 3. The molecule has 1 saturated heterocycles. The number of benzene rings is 1. The molecule has 0 bridgehead atoms. The Morgan fingerprint density at radius 2 is 2.23 bits per heavy atom. The number of amides is 2. The number of fused-ring (bicyclic) bond motifs is 1. The number of imidazole rings is 1. The predicted molar refractivity (Wildman–Crippen MR) is 97.7 cm³/mol. The number of rotatable bonds is 4. The summed E-state index contributed by atoms with van der Waals surface area (Å²) in [7, 11) is 2.01.